The van der Waals surface area contributed by atoms with Crippen LogP contribution in [-0.2, 0) is 27.2 Å². The molecular formula is C16H20N2O4S. The highest BCUT2D eigenvalue weighted by molar-refractivity contribution is 7.16. The molecule has 1 aromatic rings. The minimum Gasteiger partial charge on any atom is -0.480 e. The number of thiophene rings is 1. The average molecular weight is 336 g/mol. The molecule has 0 aromatic carbocycles. The first kappa shape index (κ1) is 17.4. The number of carbonyl (C=O) groups is 2. The van der Waals surface area contributed by atoms with E-state index >= 15 is 0 Å². The van der Waals surface area contributed by atoms with Gasteiger partial charge in [0.1, 0.15) is 24.3 Å². The largest absolute Gasteiger partial charge is 0.480 e. The van der Waals surface area contributed by atoms with Crippen LogP contribution >= 0.6 is 11.3 Å². The third-order valence-corrected chi connectivity index (χ3v) is 5.06. The molecule has 1 atom stereocenters. The molecule has 1 amide bonds. The van der Waals surface area contributed by atoms with Crippen molar-refractivity contribution >= 4 is 28.2 Å². The van der Waals surface area contributed by atoms with Gasteiger partial charge in [-0.1, -0.05) is 19.8 Å². The van der Waals surface area contributed by atoms with Crippen LogP contribution in [0, 0.1) is 17.2 Å². The molecule has 1 heterocycles. The Labute approximate surface area is 139 Å². The summed E-state index contributed by atoms with van der Waals surface area (Å²) in [7, 11) is 0. The Hall–Kier alpha value is -1.91. The number of aliphatic carboxylic acids is 1. The number of nitrogens with zero attached hydrogens (tertiary/aromatic N) is 1. The number of hydrogen-bond donors (Lipinski definition) is 2. The SMILES string of the molecule is CCC[C@H]1CCc2c(sc(NC(=O)COCC(=O)O)c2C#N)C1. The highest BCUT2D eigenvalue weighted by Gasteiger charge is 2.26. The summed E-state index contributed by atoms with van der Waals surface area (Å²) in [6.45, 7) is 1.32. The molecule has 0 saturated carbocycles. The first-order valence-electron chi connectivity index (χ1n) is 7.69. The molecule has 0 bridgehead atoms. The lowest BCUT2D eigenvalue weighted by Gasteiger charge is -2.21. The highest BCUT2D eigenvalue weighted by Crippen LogP contribution is 2.40. The van der Waals surface area contributed by atoms with Crippen molar-refractivity contribution in [2.45, 2.75) is 39.0 Å². The van der Waals surface area contributed by atoms with Gasteiger partial charge < -0.3 is 15.2 Å². The molecule has 0 radical (unpaired) electrons. The Kier molecular flexibility index (Phi) is 6.13. The number of ether oxygens (including phenoxy) is 1. The maximum atomic E-state index is 11.8. The zero-order valence-electron chi connectivity index (χ0n) is 13.1. The van der Waals surface area contributed by atoms with Crippen LogP contribution in [0.15, 0.2) is 0 Å². The van der Waals surface area contributed by atoms with Gasteiger partial charge in [-0.2, -0.15) is 5.26 Å². The molecule has 0 aliphatic heterocycles. The number of carboxylic acids is 1. The van der Waals surface area contributed by atoms with Crippen molar-refractivity contribution in [3.63, 3.8) is 0 Å². The van der Waals surface area contributed by atoms with Crippen molar-refractivity contribution < 1.29 is 19.4 Å². The van der Waals surface area contributed by atoms with Crippen molar-refractivity contribution in [2.75, 3.05) is 18.5 Å². The molecule has 1 aliphatic carbocycles. The van der Waals surface area contributed by atoms with Gasteiger partial charge in [-0.3, -0.25) is 4.79 Å². The summed E-state index contributed by atoms with van der Waals surface area (Å²) in [6, 6.07) is 2.19. The van der Waals surface area contributed by atoms with E-state index in [1.54, 1.807) is 0 Å². The smallest absolute Gasteiger partial charge is 0.329 e. The monoisotopic (exact) mass is 336 g/mol. The molecule has 23 heavy (non-hydrogen) atoms. The zero-order valence-corrected chi connectivity index (χ0v) is 13.9. The van der Waals surface area contributed by atoms with Gasteiger partial charge in [-0.25, -0.2) is 4.79 Å². The number of nitriles is 1. The van der Waals surface area contributed by atoms with Gasteiger partial charge in [0.15, 0.2) is 0 Å². The minimum absolute atomic E-state index is 0.335. The van der Waals surface area contributed by atoms with Crippen LogP contribution in [0.5, 0.6) is 0 Å². The summed E-state index contributed by atoms with van der Waals surface area (Å²) in [6.07, 6.45) is 5.27. The number of hydrogen-bond acceptors (Lipinski definition) is 5. The standard InChI is InChI=1S/C16H20N2O4S/c1-2-3-10-4-5-11-12(7-17)16(23-13(11)6-10)18-14(19)8-22-9-15(20)21/h10H,2-6,8-9H2,1H3,(H,18,19)(H,20,21)/t10-/m0/s1. The molecule has 2 rings (SSSR count). The predicted octanol–water partition coefficient (Wildman–Crippen LogP) is 2.56. The number of nitrogens with one attached hydrogen (secondary N) is 1. The summed E-state index contributed by atoms with van der Waals surface area (Å²) in [5.74, 6) is -0.907. The molecule has 0 spiro atoms. The van der Waals surface area contributed by atoms with Gasteiger partial charge in [-0.05, 0) is 30.7 Å². The van der Waals surface area contributed by atoms with Crippen molar-refractivity contribution in [3.8, 4) is 6.07 Å². The maximum Gasteiger partial charge on any atom is 0.329 e. The predicted molar refractivity (Wildman–Crippen MR) is 86.5 cm³/mol. The third-order valence-electron chi connectivity index (χ3n) is 3.89. The second-order valence-electron chi connectivity index (χ2n) is 5.65. The van der Waals surface area contributed by atoms with Gasteiger partial charge in [0, 0.05) is 4.88 Å². The molecule has 0 fully saturated rings. The lowest BCUT2D eigenvalue weighted by molar-refractivity contribution is -0.143. The molecule has 1 aliphatic rings. The zero-order chi connectivity index (χ0) is 16.8. The Morgan fingerprint density at radius 1 is 1.48 bits per heavy atom. The van der Waals surface area contributed by atoms with E-state index in [1.165, 1.54) is 22.6 Å². The average Bonchev–Trinajstić information content (AvgIpc) is 2.83. The Morgan fingerprint density at radius 3 is 2.91 bits per heavy atom. The lowest BCUT2D eigenvalue weighted by atomic mass is 9.85. The summed E-state index contributed by atoms with van der Waals surface area (Å²) in [4.78, 5) is 23.4. The van der Waals surface area contributed by atoms with Crippen LogP contribution < -0.4 is 5.32 Å². The summed E-state index contributed by atoms with van der Waals surface area (Å²) >= 11 is 1.46. The quantitative estimate of drug-likeness (QED) is 0.797. The van der Waals surface area contributed by atoms with Crippen molar-refractivity contribution in [1.82, 2.24) is 0 Å². The fourth-order valence-electron chi connectivity index (χ4n) is 2.91. The van der Waals surface area contributed by atoms with Crippen LogP contribution in [0.25, 0.3) is 0 Å². The van der Waals surface area contributed by atoms with Gasteiger partial charge in [-0.15, -0.1) is 11.3 Å². The number of anilines is 1. The summed E-state index contributed by atoms with van der Waals surface area (Å²) in [5.41, 5.74) is 1.61. The number of amides is 1. The number of carbonyl (C=O) groups excluding carboxylic acids is 1. The molecule has 0 unspecified atom stereocenters. The van der Waals surface area contributed by atoms with E-state index < -0.39 is 18.5 Å². The maximum absolute atomic E-state index is 11.8. The molecule has 1 aromatic heterocycles. The lowest BCUT2D eigenvalue weighted by Crippen LogP contribution is -2.20. The first-order valence-corrected chi connectivity index (χ1v) is 8.50. The Bertz CT molecular complexity index is 633. The molecule has 0 saturated heterocycles. The van der Waals surface area contributed by atoms with Crippen LogP contribution in [-0.4, -0.2) is 30.2 Å². The molecule has 6 nitrogen and oxygen atoms in total. The van der Waals surface area contributed by atoms with Crippen molar-refractivity contribution in [3.05, 3.63) is 16.0 Å². The molecule has 7 heteroatoms. The van der Waals surface area contributed by atoms with E-state index in [-0.39, 0.29) is 6.61 Å². The van der Waals surface area contributed by atoms with Gasteiger partial charge in [0.2, 0.25) is 0 Å². The van der Waals surface area contributed by atoms with E-state index in [2.05, 4.69) is 18.3 Å². The van der Waals surface area contributed by atoms with E-state index in [9.17, 15) is 14.9 Å². The van der Waals surface area contributed by atoms with Gasteiger partial charge in [0.25, 0.3) is 5.91 Å². The number of fused-ring (bicyclic) bond motifs is 1. The van der Waals surface area contributed by atoms with Crippen LogP contribution in [0.1, 0.15) is 42.2 Å². The summed E-state index contributed by atoms with van der Waals surface area (Å²) < 4.78 is 4.76. The van der Waals surface area contributed by atoms with E-state index in [4.69, 9.17) is 9.84 Å². The van der Waals surface area contributed by atoms with E-state index in [1.807, 2.05) is 0 Å². The van der Waals surface area contributed by atoms with Gasteiger partial charge in [0.05, 0.1) is 5.56 Å². The topological polar surface area (TPSA) is 99.4 Å². The van der Waals surface area contributed by atoms with Crippen molar-refractivity contribution in [1.29, 1.82) is 5.26 Å². The fraction of sp³-hybridized carbons (Fsp3) is 0.562. The number of rotatable bonds is 7. The second-order valence-corrected chi connectivity index (χ2v) is 6.76. The van der Waals surface area contributed by atoms with E-state index in [0.29, 0.717) is 16.5 Å². The second kappa shape index (κ2) is 8.09. The minimum atomic E-state index is -1.12. The van der Waals surface area contributed by atoms with Crippen LogP contribution in [0.3, 0.4) is 0 Å². The fourth-order valence-corrected chi connectivity index (χ4v) is 4.24. The van der Waals surface area contributed by atoms with Crippen LogP contribution in [0.4, 0.5) is 5.00 Å². The molecule has 2 N–H and O–H groups in total. The van der Waals surface area contributed by atoms with Crippen molar-refractivity contribution in [2.24, 2.45) is 5.92 Å². The normalized spacial score (nSPS) is 16.4. The number of carboxylic acid groups (broad SMARTS) is 1. The first-order chi connectivity index (χ1) is 11.0. The van der Waals surface area contributed by atoms with Gasteiger partial charge >= 0.3 is 5.97 Å². The summed E-state index contributed by atoms with van der Waals surface area (Å²) in [5, 5.41) is 21.1. The molecule has 124 valence electrons. The Morgan fingerprint density at radius 2 is 2.26 bits per heavy atom. The highest BCUT2D eigenvalue weighted by atomic mass is 32.1. The molecular weight excluding hydrogens is 316 g/mol. The van der Waals surface area contributed by atoms with E-state index in [0.717, 1.165) is 31.2 Å². The third kappa shape index (κ3) is 4.53. The van der Waals surface area contributed by atoms with Crippen LogP contribution in [0.2, 0.25) is 0 Å². The Balaban J connectivity index is 2.04.